The van der Waals surface area contributed by atoms with E-state index in [-0.39, 0.29) is 27.5 Å². The summed E-state index contributed by atoms with van der Waals surface area (Å²) in [5.74, 6) is -0.0169. The summed E-state index contributed by atoms with van der Waals surface area (Å²) in [7, 11) is 0. The average Bonchev–Trinajstić information content (AvgIpc) is 3.26. The molecule has 3 aromatic carbocycles. The number of benzene rings is 3. The number of nitrogens with zero attached hydrogens (tertiary/aromatic N) is 1. The third kappa shape index (κ3) is 4.60. The molecule has 0 atom stereocenters. The van der Waals surface area contributed by atoms with Gasteiger partial charge in [-0.2, -0.15) is 0 Å². The first-order valence-electron chi connectivity index (χ1n) is 15.1. The normalized spacial score (nSPS) is 17.0. The lowest BCUT2D eigenvalue weighted by molar-refractivity contribution is 0.323. The maximum atomic E-state index is 17.1. The quantitative estimate of drug-likeness (QED) is 0.207. The van der Waals surface area contributed by atoms with Crippen LogP contribution in [0.25, 0.3) is 42.2 Å². The van der Waals surface area contributed by atoms with Crippen LogP contribution in [0.4, 0.5) is 4.39 Å². The molecule has 0 unspecified atom stereocenters. The largest absolute Gasteiger partial charge is 0.255 e. The molecule has 1 aliphatic rings. The molecule has 5 aromatic rings. The molecule has 3 heteroatoms. The topological polar surface area (TPSA) is 12.9 Å². The summed E-state index contributed by atoms with van der Waals surface area (Å²) >= 11 is 1.76. The fourth-order valence-corrected chi connectivity index (χ4v) is 8.71. The second-order valence-electron chi connectivity index (χ2n) is 15.9. The summed E-state index contributed by atoms with van der Waals surface area (Å²) in [5.41, 5.74) is 6.78. The molecule has 0 bridgehead atoms. The van der Waals surface area contributed by atoms with Gasteiger partial charge in [0.05, 0.1) is 10.4 Å². The van der Waals surface area contributed by atoms with Gasteiger partial charge in [0, 0.05) is 27.2 Å². The van der Waals surface area contributed by atoms with Crippen molar-refractivity contribution in [2.75, 3.05) is 0 Å². The Morgan fingerprint density at radius 2 is 1.49 bits per heavy atom. The minimum Gasteiger partial charge on any atom is -0.255 e. The summed E-state index contributed by atoms with van der Waals surface area (Å²) in [5, 5.41) is 4.29. The van der Waals surface area contributed by atoms with Crippen molar-refractivity contribution in [3.63, 3.8) is 0 Å². The molecule has 0 radical (unpaired) electrons. The fourth-order valence-electron chi connectivity index (χ4n) is 7.18. The van der Waals surface area contributed by atoms with Gasteiger partial charge in [0.2, 0.25) is 0 Å². The van der Waals surface area contributed by atoms with Gasteiger partial charge < -0.3 is 0 Å². The zero-order valence-electron chi connectivity index (χ0n) is 26.5. The van der Waals surface area contributed by atoms with Crippen molar-refractivity contribution in [1.29, 1.82) is 0 Å². The van der Waals surface area contributed by atoms with Crippen LogP contribution in [0.5, 0.6) is 0 Å². The highest BCUT2D eigenvalue weighted by molar-refractivity contribution is 7.26. The van der Waals surface area contributed by atoms with Crippen LogP contribution in [-0.2, 0) is 22.7 Å². The van der Waals surface area contributed by atoms with Gasteiger partial charge in [-0.05, 0) is 92.1 Å². The molecule has 0 amide bonds. The summed E-state index contributed by atoms with van der Waals surface area (Å²) in [4.78, 5) is 4.98. The Morgan fingerprint density at radius 1 is 0.829 bits per heavy atom. The summed E-state index contributed by atoms with van der Waals surface area (Å²) in [6.07, 6.45) is 4.78. The fraction of sp³-hybridized carbons (Fsp3) is 0.447. The number of thiophene rings is 1. The lowest BCUT2D eigenvalue weighted by atomic mass is 9.60. The third-order valence-electron chi connectivity index (χ3n) is 9.25. The summed E-state index contributed by atoms with van der Waals surface area (Å²) in [6.45, 7) is 22.9. The Balaban J connectivity index is 1.75. The molecule has 0 N–H and O–H groups in total. The van der Waals surface area contributed by atoms with Crippen LogP contribution in [0.2, 0.25) is 0 Å². The maximum Gasteiger partial charge on any atom is 0.136 e. The highest BCUT2D eigenvalue weighted by atomic mass is 32.1. The monoisotopic (exact) mass is 565 g/mol. The van der Waals surface area contributed by atoms with Crippen LogP contribution < -0.4 is 0 Å². The van der Waals surface area contributed by atoms with Crippen LogP contribution in [-0.4, -0.2) is 4.98 Å². The number of pyridine rings is 1. The van der Waals surface area contributed by atoms with Crippen molar-refractivity contribution >= 4 is 42.3 Å². The maximum absolute atomic E-state index is 17.1. The molecule has 0 spiro atoms. The number of halogens is 1. The SMILES string of the molecule is CC(C)(C)Cc1c2c(c3sc4c(-c5cc(C(C)(C)C)c6ccccc6c5)nccc4c3c1F)C(C)(C)CCC2(C)C. The van der Waals surface area contributed by atoms with Crippen LogP contribution in [0.1, 0.15) is 104 Å². The van der Waals surface area contributed by atoms with Crippen molar-refractivity contribution in [3.05, 3.63) is 76.7 Å². The Bertz CT molecular complexity index is 1840. The van der Waals surface area contributed by atoms with Gasteiger partial charge in [-0.25, -0.2) is 4.39 Å². The number of hydrogen-bond donors (Lipinski definition) is 0. The van der Waals surface area contributed by atoms with Crippen LogP contribution in [0.15, 0.2) is 48.7 Å². The Kier molecular flexibility index (Phi) is 6.30. The van der Waals surface area contributed by atoms with E-state index >= 15 is 4.39 Å². The predicted molar refractivity (Wildman–Crippen MR) is 177 cm³/mol. The molecule has 1 nitrogen and oxygen atoms in total. The van der Waals surface area contributed by atoms with E-state index in [2.05, 4.69) is 106 Å². The van der Waals surface area contributed by atoms with E-state index in [1.54, 1.807) is 11.3 Å². The first-order chi connectivity index (χ1) is 19.0. The molecule has 0 saturated heterocycles. The van der Waals surface area contributed by atoms with E-state index in [0.29, 0.717) is 0 Å². The zero-order valence-corrected chi connectivity index (χ0v) is 27.3. The first-order valence-corrected chi connectivity index (χ1v) is 15.9. The molecule has 2 aromatic heterocycles. The van der Waals surface area contributed by atoms with E-state index in [1.165, 1.54) is 27.5 Å². The summed E-state index contributed by atoms with van der Waals surface area (Å²) in [6, 6.07) is 15.3. The van der Waals surface area contributed by atoms with Gasteiger partial charge in [0.1, 0.15) is 5.82 Å². The van der Waals surface area contributed by atoms with Gasteiger partial charge in [0.25, 0.3) is 0 Å². The van der Waals surface area contributed by atoms with Crippen molar-refractivity contribution in [3.8, 4) is 11.3 Å². The van der Waals surface area contributed by atoms with Gasteiger partial charge >= 0.3 is 0 Å². The molecule has 0 saturated carbocycles. The van der Waals surface area contributed by atoms with E-state index in [1.807, 2.05) is 12.3 Å². The first kappa shape index (κ1) is 28.3. The minimum absolute atomic E-state index is 0.0169. The van der Waals surface area contributed by atoms with E-state index in [9.17, 15) is 0 Å². The van der Waals surface area contributed by atoms with E-state index in [4.69, 9.17) is 4.98 Å². The molecular weight excluding hydrogens is 521 g/mol. The van der Waals surface area contributed by atoms with Crippen molar-refractivity contribution < 1.29 is 4.39 Å². The molecule has 41 heavy (non-hydrogen) atoms. The molecule has 1 aliphatic carbocycles. The van der Waals surface area contributed by atoms with Crippen molar-refractivity contribution in [2.45, 2.75) is 105 Å². The summed E-state index contributed by atoms with van der Waals surface area (Å²) < 4.78 is 19.3. The number of aromatic nitrogens is 1. The molecular formula is C38H44FNS. The molecule has 0 aliphatic heterocycles. The Labute approximate surface area is 249 Å². The standard InChI is InChI=1S/C38H44FNS/c1-35(2,3)21-26-29-30(38(9,10)17-16-37(29,7)8)34-28(31(26)39)25-15-18-40-32(33(25)41-34)23-19-22-13-11-12-14-24(22)27(20-23)36(4,5)6/h11-15,18-20H,16-17,21H2,1-10H3. The highest BCUT2D eigenvalue weighted by Crippen LogP contribution is 2.55. The van der Waals surface area contributed by atoms with Crippen molar-refractivity contribution in [1.82, 2.24) is 4.98 Å². The Hall–Kier alpha value is -2.78. The van der Waals surface area contributed by atoms with Gasteiger partial charge in [-0.3, -0.25) is 4.98 Å². The molecule has 214 valence electrons. The second-order valence-corrected chi connectivity index (χ2v) is 16.9. The lowest BCUT2D eigenvalue weighted by Crippen LogP contribution is -2.36. The second kappa shape index (κ2) is 9.11. The highest BCUT2D eigenvalue weighted by Gasteiger charge is 2.43. The number of fused-ring (bicyclic) bond motifs is 6. The van der Waals surface area contributed by atoms with E-state index in [0.717, 1.165) is 56.3 Å². The van der Waals surface area contributed by atoms with Crippen LogP contribution >= 0.6 is 11.3 Å². The Morgan fingerprint density at radius 3 is 2.15 bits per heavy atom. The zero-order chi connectivity index (χ0) is 29.7. The van der Waals surface area contributed by atoms with Crippen LogP contribution in [0, 0.1) is 11.2 Å². The number of rotatable bonds is 2. The van der Waals surface area contributed by atoms with E-state index < -0.39 is 0 Å². The minimum atomic E-state index is -0.0717. The van der Waals surface area contributed by atoms with Gasteiger partial charge in [-0.15, -0.1) is 11.3 Å². The molecule has 6 rings (SSSR count). The van der Waals surface area contributed by atoms with Crippen molar-refractivity contribution in [2.24, 2.45) is 5.41 Å². The van der Waals surface area contributed by atoms with Gasteiger partial charge in [-0.1, -0.05) is 93.5 Å². The molecule has 0 fully saturated rings. The third-order valence-corrected chi connectivity index (χ3v) is 10.5. The van der Waals surface area contributed by atoms with Crippen LogP contribution in [0.3, 0.4) is 0 Å². The predicted octanol–water partition coefficient (Wildman–Crippen LogP) is 11.6. The number of hydrogen-bond acceptors (Lipinski definition) is 2. The van der Waals surface area contributed by atoms with Gasteiger partial charge in [0.15, 0.2) is 0 Å². The lowest BCUT2D eigenvalue weighted by Gasteiger charge is -2.44. The average molecular weight is 566 g/mol. The molecule has 2 heterocycles. The smallest absolute Gasteiger partial charge is 0.136 e.